The van der Waals surface area contributed by atoms with Gasteiger partial charge in [-0.15, -0.1) is 0 Å². The predicted molar refractivity (Wildman–Crippen MR) is 97.2 cm³/mol. The van der Waals surface area contributed by atoms with Gasteiger partial charge in [0.05, 0.1) is 5.56 Å². The number of anilines is 1. The number of nitrogens with one attached hydrogen (secondary N) is 1. The number of hydrogen-bond donors (Lipinski definition) is 2. The molecule has 124 valence electrons. The lowest BCUT2D eigenvalue weighted by Crippen LogP contribution is -2.42. The van der Waals surface area contributed by atoms with E-state index in [0.29, 0.717) is 12.1 Å². The molecule has 0 saturated carbocycles. The molecule has 1 heterocycles. The maximum absolute atomic E-state index is 13.1. The van der Waals surface area contributed by atoms with Crippen LogP contribution < -0.4 is 5.32 Å². The Morgan fingerprint density at radius 1 is 0.920 bits per heavy atom. The zero-order chi connectivity index (χ0) is 17.2. The summed E-state index contributed by atoms with van der Waals surface area (Å²) in [6, 6.07) is 24.4. The number of phenols is 1. The van der Waals surface area contributed by atoms with Crippen molar-refractivity contribution in [2.45, 2.75) is 12.7 Å². The zero-order valence-electron chi connectivity index (χ0n) is 13.6. The molecular formula is C21H18N2O2. The molecule has 4 rings (SSSR count). The summed E-state index contributed by atoms with van der Waals surface area (Å²) in [6.07, 6.45) is -0.338. The Bertz CT molecular complexity index is 909. The van der Waals surface area contributed by atoms with Gasteiger partial charge in [0.1, 0.15) is 11.9 Å². The van der Waals surface area contributed by atoms with Crippen LogP contribution in [0.3, 0.4) is 0 Å². The number of carbonyl (C=O) groups excluding carboxylic acids is 1. The molecule has 0 aromatic heterocycles. The summed E-state index contributed by atoms with van der Waals surface area (Å²) in [5, 5.41) is 13.3. The molecule has 3 aromatic carbocycles. The molecule has 1 aliphatic rings. The van der Waals surface area contributed by atoms with E-state index >= 15 is 0 Å². The second kappa shape index (κ2) is 6.32. The molecule has 0 spiro atoms. The minimum atomic E-state index is -0.338. The fraction of sp³-hybridized carbons (Fsp3) is 0.0952. The third-order valence-corrected chi connectivity index (χ3v) is 4.40. The van der Waals surface area contributed by atoms with Crippen molar-refractivity contribution >= 4 is 11.6 Å². The molecule has 0 aliphatic carbocycles. The van der Waals surface area contributed by atoms with Gasteiger partial charge < -0.3 is 15.3 Å². The first-order valence-corrected chi connectivity index (χ1v) is 8.22. The first-order valence-electron chi connectivity index (χ1n) is 8.22. The maximum atomic E-state index is 13.1. The van der Waals surface area contributed by atoms with E-state index in [-0.39, 0.29) is 17.8 Å². The van der Waals surface area contributed by atoms with Crippen molar-refractivity contribution in [2.24, 2.45) is 0 Å². The molecule has 4 nitrogen and oxygen atoms in total. The van der Waals surface area contributed by atoms with E-state index in [0.717, 1.165) is 16.8 Å². The van der Waals surface area contributed by atoms with Crippen molar-refractivity contribution in [1.82, 2.24) is 4.90 Å². The van der Waals surface area contributed by atoms with Crippen LogP contribution in [-0.4, -0.2) is 15.9 Å². The number of carbonyl (C=O) groups is 1. The van der Waals surface area contributed by atoms with E-state index in [1.807, 2.05) is 60.7 Å². The van der Waals surface area contributed by atoms with Crippen molar-refractivity contribution in [3.8, 4) is 5.75 Å². The molecule has 0 unspecified atom stereocenters. The first kappa shape index (κ1) is 15.3. The Morgan fingerprint density at radius 3 is 2.48 bits per heavy atom. The summed E-state index contributed by atoms with van der Waals surface area (Å²) in [5.41, 5.74) is 3.38. The molecular weight excluding hydrogens is 312 g/mol. The molecule has 1 atom stereocenters. The third kappa shape index (κ3) is 2.94. The molecule has 3 aromatic rings. The van der Waals surface area contributed by atoms with Gasteiger partial charge >= 0.3 is 0 Å². The smallest absolute Gasteiger partial charge is 0.258 e. The minimum absolute atomic E-state index is 0.0217. The quantitative estimate of drug-likeness (QED) is 0.758. The zero-order valence-corrected chi connectivity index (χ0v) is 13.6. The molecule has 0 fully saturated rings. The monoisotopic (exact) mass is 330 g/mol. The van der Waals surface area contributed by atoms with Crippen LogP contribution in [0.5, 0.6) is 5.75 Å². The standard InChI is InChI=1S/C21H18N2O2/c24-17-10-6-9-16(13-17)20-22-19-12-5-4-11-18(19)21(25)23(20)14-15-7-2-1-3-8-15/h1-13,20,22,24H,14H2/t20-/m0/s1. The Balaban J connectivity index is 1.77. The SMILES string of the molecule is O=C1c2ccccc2N[C@H](c2cccc(O)c2)N1Cc1ccccc1. The summed E-state index contributed by atoms with van der Waals surface area (Å²) in [7, 11) is 0. The molecule has 0 bridgehead atoms. The van der Waals surface area contributed by atoms with Gasteiger partial charge in [0.2, 0.25) is 0 Å². The molecule has 0 radical (unpaired) electrons. The number of fused-ring (bicyclic) bond motifs is 1. The van der Waals surface area contributed by atoms with E-state index in [9.17, 15) is 9.90 Å². The van der Waals surface area contributed by atoms with E-state index in [2.05, 4.69) is 5.32 Å². The fourth-order valence-electron chi connectivity index (χ4n) is 3.19. The number of nitrogens with zero attached hydrogens (tertiary/aromatic N) is 1. The average molecular weight is 330 g/mol. The Kier molecular flexibility index (Phi) is 3.86. The summed E-state index contributed by atoms with van der Waals surface area (Å²) >= 11 is 0. The van der Waals surface area contributed by atoms with Gasteiger partial charge in [0, 0.05) is 12.2 Å². The van der Waals surface area contributed by atoms with Crippen LogP contribution in [0.2, 0.25) is 0 Å². The van der Waals surface area contributed by atoms with Crippen LogP contribution in [-0.2, 0) is 6.54 Å². The number of hydrogen-bond acceptors (Lipinski definition) is 3. The van der Waals surface area contributed by atoms with Crippen LogP contribution in [0.15, 0.2) is 78.9 Å². The first-order chi connectivity index (χ1) is 12.2. The number of para-hydroxylation sites is 1. The number of rotatable bonds is 3. The molecule has 25 heavy (non-hydrogen) atoms. The Morgan fingerprint density at radius 2 is 1.68 bits per heavy atom. The van der Waals surface area contributed by atoms with Gasteiger partial charge in [-0.2, -0.15) is 0 Å². The number of amides is 1. The lowest BCUT2D eigenvalue weighted by Gasteiger charge is -2.38. The summed E-state index contributed by atoms with van der Waals surface area (Å²) in [5.74, 6) is 0.164. The van der Waals surface area contributed by atoms with Crippen molar-refractivity contribution < 1.29 is 9.90 Å². The molecule has 2 N–H and O–H groups in total. The highest BCUT2D eigenvalue weighted by Crippen LogP contribution is 2.34. The molecule has 0 saturated heterocycles. The largest absolute Gasteiger partial charge is 0.508 e. The van der Waals surface area contributed by atoms with Crippen LogP contribution in [0, 0.1) is 0 Å². The lowest BCUT2D eigenvalue weighted by molar-refractivity contribution is 0.0666. The summed E-state index contributed by atoms with van der Waals surface area (Å²) < 4.78 is 0. The number of phenolic OH excluding ortho intramolecular Hbond substituents is 1. The van der Waals surface area contributed by atoms with Crippen molar-refractivity contribution in [2.75, 3.05) is 5.32 Å². The third-order valence-electron chi connectivity index (χ3n) is 4.40. The van der Waals surface area contributed by atoms with Crippen molar-refractivity contribution in [3.05, 3.63) is 95.6 Å². The van der Waals surface area contributed by atoms with Gasteiger partial charge in [-0.25, -0.2) is 0 Å². The molecule has 4 heteroatoms. The Labute approximate surface area is 146 Å². The summed E-state index contributed by atoms with van der Waals surface area (Å²) in [4.78, 5) is 14.9. The number of benzene rings is 3. The van der Waals surface area contributed by atoms with Gasteiger partial charge in [-0.3, -0.25) is 4.79 Å². The van der Waals surface area contributed by atoms with Gasteiger partial charge in [-0.05, 0) is 35.4 Å². The van der Waals surface area contributed by atoms with E-state index < -0.39 is 0 Å². The molecule has 1 aliphatic heterocycles. The van der Waals surface area contributed by atoms with E-state index in [4.69, 9.17) is 0 Å². The second-order valence-corrected chi connectivity index (χ2v) is 6.11. The van der Waals surface area contributed by atoms with E-state index in [1.54, 1.807) is 23.1 Å². The van der Waals surface area contributed by atoms with Crippen molar-refractivity contribution in [1.29, 1.82) is 0 Å². The topological polar surface area (TPSA) is 52.6 Å². The minimum Gasteiger partial charge on any atom is -0.508 e. The number of aromatic hydroxyl groups is 1. The Hall–Kier alpha value is -3.27. The van der Waals surface area contributed by atoms with Gasteiger partial charge in [0.25, 0.3) is 5.91 Å². The average Bonchev–Trinajstić information content (AvgIpc) is 2.65. The highest BCUT2D eigenvalue weighted by Gasteiger charge is 2.32. The lowest BCUT2D eigenvalue weighted by atomic mass is 10.0. The van der Waals surface area contributed by atoms with Crippen LogP contribution in [0.4, 0.5) is 5.69 Å². The van der Waals surface area contributed by atoms with Crippen molar-refractivity contribution in [3.63, 3.8) is 0 Å². The predicted octanol–water partition coefficient (Wildman–Crippen LogP) is 4.16. The van der Waals surface area contributed by atoms with Gasteiger partial charge in [-0.1, -0.05) is 54.6 Å². The van der Waals surface area contributed by atoms with Crippen LogP contribution >= 0.6 is 0 Å². The summed E-state index contributed by atoms with van der Waals surface area (Å²) in [6.45, 7) is 0.487. The normalized spacial score (nSPS) is 16.2. The highest BCUT2D eigenvalue weighted by molar-refractivity contribution is 6.01. The van der Waals surface area contributed by atoms with E-state index in [1.165, 1.54) is 0 Å². The maximum Gasteiger partial charge on any atom is 0.258 e. The van der Waals surface area contributed by atoms with Gasteiger partial charge in [0.15, 0.2) is 0 Å². The van der Waals surface area contributed by atoms with Crippen LogP contribution in [0.1, 0.15) is 27.7 Å². The van der Waals surface area contributed by atoms with Crippen LogP contribution in [0.25, 0.3) is 0 Å². The molecule has 1 amide bonds. The highest BCUT2D eigenvalue weighted by atomic mass is 16.3. The second-order valence-electron chi connectivity index (χ2n) is 6.11. The fourth-order valence-corrected chi connectivity index (χ4v) is 3.19.